The molecule has 2 aromatic rings. The van der Waals surface area contributed by atoms with Gasteiger partial charge in [0, 0.05) is 11.6 Å². The molecule has 0 atom stereocenters. The Hall–Kier alpha value is -2.05. The molecule has 0 amide bonds. The van der Waals surface area contributed by atoms with Crippen molar-refractivity contribution in [1.82, 2.24) is 4.98 Å². The molecule has 3 nitrogen and oxygen atoms in total. The predicted octanol–water partition coefficient (Wildman–Crippen LogP) is 3.22. The van der Waals surface area contributed by atoms with Gasteiger partial charge in [-0.2, -0.15) is 5.26 Å². The number of pyridine rings is 1. The number of benzene rings is 1. The number of halogens is 1. The first-order chi connectivity index (χ1) is 8.28. The highest BCUT2D eigenvalue weighted by Gasteiger charge is 1.97. The Labute approximate surface area is 105 Å². The summed E-state index contributed by atoms with van der Waals surface area (Å²) < 4.78 is 0. The van der Waals surface area contributed by atoms with Crippen molar-refractivity contribution in [2.75, 3.05) is 5.32 Å². The van der Waals surface area contributed by atoms with Crippen LogP contribution in [0.4, 0.5) is 5.82 Å². The number of nitrogens with zero attached hydrogens (tertiary/aromatic N) is 2. The van der Waals surface area contributed by atoms with Crippen LogP contribution in [0.2, 0.25) is 5.02 Å². The van der Waals surface area contributed by atoms with Crippen LogP contribution in [-0.2, 0) is 6.54 Å². The van der Waals surface area contributed by atoms with Crippen molar-refractivity contribution < 1.29 is 0 Å². The minimum absolute atomic E-state index is 0.404. The van der Waals surface area contributed by atoms with Gasteiger partial charge in [0.25, 0.3) is 0 Å². The van der Waals surface area contributed by atoms with Gasteiger partial charge in [0.05, 0.1) is 0 Å². The molecule has 2 rings (SSSR count). The van der Waals surface area contributed by atoms with Gasteiger partial charge in [-0.25, -0.2) is 4.98 Å². The van der Waals surface area contributed by atoms with Crippen LogP contribution in [0, 0.1) is 11.3 Å². The van der Waals surface area contributed by atoms with Crippen molar-refractivity contribution in [3.05, 3.63) is 58.7 Å². The van der Waals surface area contributed by atoms with E-state index >= 15 is 0 Å². The largest absolute Gasteiger partial charge is 0.366 e. The topological polar surface area (TPSA) is 48.7 Å². The van der Waals surface area contributed by atoms with Crippen molar-refractivity contribution in [2.45, 2.75) is 6.54 Å². The van der Waals surface area contributed by atoms with Gasteiger partial charge < -0.3 is 5.32 Å². The summed E-state index contributed by atoms with van der Waals surface area (Å²) in [6, 6.07) is 14.9. The average Bonchev–Trinajstić information content (AvgIpc) is 2.37. The van der Waals surface area contributed by atoms with Gasteiger partial charge in [0.15, 0.2) is 0 Å². The van der Waals surface area contributed by atoms with Gasteiger partial charge in [0.1, 0.15) is 17.6 Å². The minimum atomic E-state index is 0.404. The lowest BCUT2D eigenvalue weighted by Crippen LogP contribution is -2.01. The third-order valence-corrected chi connectivity index (χ3v) is 2.46. The maximum atomic E-state index is 8.73. The van der Waals surface area contributed by atoms with E-state index in [4.69, 9.17) is 16.9 Å². The number of hydrogen-bond donors (Lipinski definition) is 1. The van der Waals surface area contributed by atoms with E-state index in [2.05, 4.69) is 10.3 Å². The molecule has 0 bridgehead atoms. The molecule has 84 valence electrons. The third kappa shape index (κ3) is 3.20. The SMILES string of the molecule is N#Cc1cccc(NCc2cccc(Cl)c2)n1. The number of nitriles is 1. The Morgan fingerprint density at radius 1 is 1.24 bits per heavy atom. The van der Waals surface area contributed by atoms with E-state index in [0.717, 1.165) is 5.56 Å². The number of rotatable bonds is 3. The highest BCUT2D eigenvalue weighted by molar-refractivity contribution is 6.30. The number of nitrogens with one attached hydrogen (secondary N) is 1. The molecule has 1 N–H and O–H groups in total. The van der Waals surface area contributed by atoms with Crippen LogP contribution < -0.4 is 5.32 Å². The fourth-order valence-corrected chi connectivity index (χ4v) is 1.65. The fourth-order valence-electron chi connectivity index (χ4n) is 1.43. The summed E-state index contributed by atoms with van der Waals surface area (Å²) in [6.45, 7) is 0.627. The van der Waals surface area contributed by atoms with Crippen molar-refractivity contribution >= 4 is 17.4 Å². The van der Waals surface area contributed by atoms with E-state index in [9.17, 15) is 0 Å². The fraction of sp³-hybridized carbons (Fsp3) is 0.0769. The first-order valence-electron chi connectivity index (χ1n) is 5.13. The standard InChI is InChI=1S/C13H10ClN3/c14-11-4-1-3-10(7-11)9-16-13-6-2-5-12(8-15)17-13/h1-7H,9H2,(H,16,17). The van der Waals surface area contributed by atoms with Crippen LogP contribution in [0.15, 0.2) is 42.5 Å². The lowest BCUT2D eigenvalue weighted by atomic mass is 10.2. The van der Waals surface area contributed by atoms with Crippen molar-refractivity contribution in [3.63, 3.8) is 0 Å². The highest BCUT2D eigenvalue weighted by Crippen LogP contribution is 2.12. The van der Waals surface area contributed by atoms with Crippen LogP contribution >= 0.6 is 11.6 Å². The zero-order valence-electron chi connectivity index (χ0n) is 9.02. The smallest absolute Gasteiger partial charge is 0.142 e. The molecule has 0 spiro atoms. The van der Waals surface area contributed by atoms with Crippen LogP contribution in [-0.4, -0.2) is 4.98 Å². The molecule has 0 unspecified atom stereocenters. The molecule has 0 radical (unpaired) electrons. The summed E-state index contributed by atoms with van der Waals surface area (Å²) in [5, 5.41) is 12.6. The lowest BCUT2D eigenvalue weighted by Gasteiger charge is -2.05. The third-order valence-electron chi connectivity index (χ3n) is 2.23. The lowest BCUT2D eigenvalue weighted by molar-refractivity contribution is 1.10. The van der Waals surface area contributed by atoms with E-state index in [1.807, 2.05) is 36.4 Å². The van der Waals surface area contributed by atoms with E-state index in [1.165, 1.54) is 0 Å². The van der Waals surface area contributed by atoms with E-state index in [-0.39, 0.29) is 0 Å². The minimum Gasteiger partial charge on any atom is -0.366 e. The van der Waals surface area contributed by atoms with Gasteiger partial charge in [-0.15, -0.1) is 0 Å². The first-order valence-corrected chi connectivity index (χ1v) is 5.51. The van der Waals surface area contributed by atoms with Gasteiger partial charge in [-0.1, -0.05) is 29.8 Å². The average molecular weight is 244 g/mol. The summed E-state index contributed by atoms with van der Waals surface area (Å²) in [6.07, 6.45) is 0. The second-order valence-corrected chi connectivity index (χ2v) is 3.94. The molecule has 0 saturated heterocycles. The van der Waals surface area contributed by atoms with E-state index < -0.39 is 0 Å². The van der Waals surface area contributed by atoms with Crippen LogP contribution in [0.25, 0.3) is 0 Å². The summed E-state index contributed by atoms with van der Waals surface area (Å²) >= 11 is 5.89. The second kappa shape index (κ2) is 5.33. The Balaban J connectivity index is 2.05. The summed E-state index contributed by atoms with van der Waals surface area (Å²) in [7, 11) is 0. The van der Waals surface area contributed by atoms with Gasteiger partial charge in [-0.05, 0) is 29.8 Å². The monoisotopic (exact) mass is 243 g/mol. The highest BCUT2D eigenvalue weighted by atomic mass is 35.5. The van der Waals surface area contributed by atoms with E-state index in [1.54, 1.807) is 12.1 Å². The Bertz CT molecular complexity index is 561. The first kappa shape index (κ1) is 11.4. The maximum absolute atomic E-state index is 8.73. The van der Waals surface area contributed by atoms with Gasteiger partial charge in [-0.3, -0.25) is 0 Å². The summed E-state index contributed by atoms with van der Waals surface area (Å²) in [5.74, 6) is 0.684. The summed E-state index contributed by atoms with van der Waals surface area (Å²) in [5.41, 5.74) is 1.47. The van der Waals surface area contributed by atoms with Crippen molar-refractivity contribution in [1.29, 1.82) is 5.26 Å². The normalized spacial score (nSPS) is 9.65. The second-order valence-electron chi connectivity index (χ2n) is 3.50. The van der Waals surface area contributed by atoms with Crippen LogP contribution in [0.1, 0.15) is 11.3 Å². The Morgan fingerprint density at radius 3 is 2.82 bits per heavy atom. The van der Waals surface area contributed by atoms with Gasteiger partial charge >= 0.3 is 0 Å². The molecule has 0 fully saturated rings. The zero-order chi connectivity index (χ0) is 12.1. The zero-order valence-corrected chi connectivity index (χ0v) is 9.78. The van der Waals surface area contributed by atoms with Crippen LogP contribution in [0.3, 0.4) is 0 Å². The molecular weight excluding hydrogens is 234 g/mol. The number of hydrogen-bond acceptors (Lipinski definition) is 3. The molecule has 0 aliphatic rings. The van der Waals surface area contributed by atoms with E-state index in [0.29, 0.717) is 23.1 Å². The molecule has 4 heteroatoms. The Morgan fingerprint density at radius 2 is 2.06 bits per heavy atom. The van der Waals surface area contributed by atoms with Gasteiger partial charge in [0.2, 0.25) is 0 Å². The van der Waals surface area contributed by atoms with Crippen molar-refractivity contribution in [3.8, 4) is 6.07 Å². The molecule has 1 aromatic heterocycles. The quantitative estimate of drug-likeness (QED) is 0.901. The summed E-state index contributed by atoms with van der Waals surface area (Å²) in [4.78, 5) is 4.12. The van der Waals surface area contributed by atoms with Crippen molar-refractivity contribution in [2.24, 2.45) is 0 Å². The van der Waals surface area contributed by atoms with Crippen LogP contribution in [0.5, 0.6) is 0 Å². The molecule has 0 aliphatic carbocycles. The molecule has 0 aliphatic heterocycles. The molecule has 1 aromatic carbocycles. The Kier molecular flexibility index (Phi) is 3.59. The number of aromatic nitrogens is 1. The molecular formula is C13H10ClN3. The molecule has 0 saturated carbocycles. The number of anilines is 1. The maximum Gasteiger partial charge on any atom is 0.142 e. The molecule has 17 heavy (non-hydrogen) atoms. The molecule has 1 heterocycles. The predicted molar refractivity (Wildman–Crippen MR) is 67.7 cm³/mol.